The van der Waals surface area contributed by atoms with Gasteiger partial charge in [-0.05, 0) is 51.2 Å². The monoisotopic (exact) mass is 136 g/mol. The van der Waals surface area contributed by atoms with Crippen molar-refractivity contribution in [2.24, 2.45) is 0 Å². The molecule has 0 aromatic carbocycles. The van der Waals surface area contributed by atoms with Gasteiger partial charge >= 0.3 is 0 Å². The van der Waals surface area contributed by atoms with E-state index in [0.717, 1.165) is 0 Å². The van der Waals surface area contributed by atoms with Crippen molar-refractivity contribution in [1.29, 1.82) is 0 Å². The summed E-state index contributed by atoms with van der Waals surface area (Å²) in [5, 5.41) is 0. The Morgan fingerprint density at radius 2 is 2.00 bits per heavy atom. The molecule has 1 aliphatic carbocycles. The molecule has 0 heterocycles. The van der Waals surface area contributed by atoms with Crippen molar-refractivity contribution in [3.05, 3.63) is 22.8 Å². The van der Waals surface area contributed by atoms with Crippen molar-refractivity contribution in [1.82, 2.24) is 0 Å². The molecule has 0 heteroatoms. The summed E-state index contributed by atoms with van der Waals surface area (Å²) in [6, 6.07) is 0. The first-order chi connectivity index (χ1) is 4.72. The first kappa shape index (κ1) is 7.59. The van der Waals surface area contributed by atoms with E-state index < -0.39 is 0 Å². The predicted molar refractivity (Wildman–Crippen MR) is 46.0 cm³/mol. The van der Waals surface area contributed by atoms with E-state index in [2.05, 4.69) is 26.8 Å². The maximum absolute atomic E-state index is 2.38. The third-order valence-corrected chi connectivity index (χ3v) is 2.27. The molecule has 0 aromatic rings. The Morgan fingerprint density at radius 1 is 1.30 bits per heavy atom. The summed E-state index contributed by atoms with van der Waals surface area (Å²) < 4.78 is 0. The highest BCUT2D eigenvalue weighted by molar-refractivity contribution is 5.33. The Bertz CT molecular complexity index is 178. The molecule has 0 spiro atoms. The molecule has 0 fully saturated rings. The minimum Gasteiger partial charge on any atom is -0.0810 e. The van der Waals surface area contributed by atoms with Gasteiger partial charge in [0.25, 0.3) is 0 Å². The minimum atomic E-state index is 1.29. The van der Waals surface area contributed by atoms with Crippen LogP contribution in [-0.4, -0.2) is 0 Å². The average molecular weight is 136 g/mol. The van der Waals surface area contributed by atoms with Gasteiger partial charge in [0, 0.05) is 0 Å². The van der Waals surface area contributed by atoms with E-state index in [-0.39, 0.29) is 0 Å². The summed E-state index contributed by atoms with van der Waals surface area (Å²) in [6.07, 6.45) is 6.33. The summed E-state index contributed by atoms with van der Waals surface area (Å²) in [6.45, 7) is 6.61. The van der Waals surface area contributed by atoms with Gasteiger partial charge in [-0.15, -0.1) is 0 Å². The predicted octanol–water partition coefficient (Wildman–Crippen LogP) is 3.45. The molecule has 0 bridgehead atoms. The summed E-state index contributed by atoms with van der Waals surface area (Å²) in [5.41, 5.74) is 4.56. The van der Waals surface area contributed by atoms with Crippen LogP contribution in [0.4, 0.5) is 0 Å². The lowest BCUT2D eigenvalue weighted by Crippen LogP contribution is -1.83. The van der Waals surface area contributed by atoms with Crippen LogP contribution in [0, 0.1) is 0 Å². The summed E-state index contributed by atoms with van der Waals surface area (Å²) in [7, 11) is 0. The van der Waals surface area contributed by atoms with Crippen molar-refractivity contribution in [2.75, 3.05) is 0 Å². The number of hydrogen-bond acceptors (Lipinski definition) is 0. The zero-order chi connectivity index (χ0) is 7.56. The Morgan fingerprint density at radius 3 is 2.40 bits per heavy atom. The minimum absolute atomic E-state index is 1.29. The SMILES string of the molecule is CC(C)=C(C)C1=CCCC1. The van der Waals surface area contributed by atoms with E-state index in [0.29, 0.717) is 0 Å². The topological polar surface area (TPSA) is 0 Å². The van der Waals surface area contributed by atoms with Gasteiger partial charge in [0.1, 0.15) is 0 Å². The molecule has 0 aromatic heterocycles. The van der Waals surface area contributed by atoms with Crippen LogP contribution in [0.15, 0.2) is 22.8 Å². The highest BCUT2D eigenvalue weighted by atomic mass is 14.1. The third kappa shape index (κ3) is 1.50. The highest BCUT2D eigenvalue weighted by Crippen LogP contribution is 2.25. The van der Waals surface area contributed by atoms with Gasteiger partial charge in [0.2, 0.25) is 0 Å². The second-order valence-corrected chi connectivity index (χ2v) is 3.25. The van der Waals surface area contributed by atoms with Gasteiger partial charge in [-0.25, -0.2) is 0 Å². The summed E-state index contributed by atoms with van der Waals surface area (Å²) >= 11 is 0. The van der Waals surface area contributed by atoms with Gasteiger partial charge in [-0.3, -0.25) is 0 Å². The molecule has 0 N–H and O–H groups in total. The fraction of sp³-hybridized carbons (Fsp3) is 0.600. The summed E-state index contributed by atoms with van der Waals surface area (Å²) in [5.74, 6) is 0. The molecule has 1 aliphatic rings. The fourth-order valence-electron chi connectivity index (χ4n) is 1.33. The van der Waals surface area contributed by atoms with Crippen molar-refractivity contribution < 1.29 is 0 Å². The Hall–Kier alpha value is -0.520. The number of hydrogen-bond donors (Lipinski definition) is 0. The maximum Gasteiger partial charge on any atom is -0.0276 e. The fourth-order valence-corrected chi connectivity index (χ4v) is 1.33. The van der Waals surface area contributed by atoms with Crippen LogP contribution in [0.2, 0.25) is 0 Å². The van der Waals surface area contributed by atoms with Crippen LogP contribution in [-0.2, 0) is 0 Å². The van der Waals surface area contributed by atoms with E-state index in [1.807, 2.05) is 0 Å². The molecule has 0 saturated heterocycles. The van der Waals surface area contributed by atoms with Gasteiger partial charge < -0.3 is 0 Å². The van der Waals surface area contributed by atoms with Crippen molar-refractivity contribution >= 4 is 0 Å². The first-order valence-electron chi connectivity index (χ1n) is 4.05. The first-order valence-corrected chi connectivity index (χ1v) is 4.05. The van der Waals surface area contributed by atoms with E-state index >= 15 is 0 Å². The quantitative estimate of drug-likeness (QED) is 0.518. The normalized spacial score (nSPS) is 16.9. The molecular formula is C10H16. The third-order valence-electron chi connectivity index (χ3n) is 2.27. The molecular weight excluding hydrogens is 120 g/mol. The summed E-state index contributed by atoms with van der Waals surface area (Å²) in [4.78, 5) is 0. The van der Waals surface area contributed by atoms with E-state index in [1.54, 1.807) is 5.57 Å². The van der Waals surface area contributed by atoms with Gasteiger partial charge in [-0.1, -0.05) is 11.6 Å². The number of rotatable bonds is 1. The van der Waals surface area contributed by atoms with Crippen LogP contribution < -0.4 is 0 Å². The van der Waals surface area contributed by atoms with Gasteiger partial charge in [0.15, 0.2) is 0 Å². The Labute approximate surface area is 63.6 Å². The van der Waals surface area contributed by atoms with E-state index in [4.69, 9.17) is 0 Å². The van der Waals surface area contributed by atoms with E-state index in [1.165, 1.54) is 30.4 Å². The molecule has 1 rings (SSSR count). The Balaban J connectivity index is 2.74. The average Bonchev–Trinajstić information content (AvgIpc) is 2.36. The maximum atomic E-state index is 2.38. The second kappa shape index (κ2) is 3.05. The molecule has 56 valence electrons. The zero-order valence-corrected chi connectivity index (χ0v) is 7.20. The highest BCUT2D eigenvalue weighted by Gasteiger charge is 2.05. The molecule has 0 aliphatic heterocycles. The molecule has 0 saturated carbocycles. The lowest BCUT2D eigenvalue weighted by molar-refractivity contribution is 0.907. The molecule has 0 nitrogen and oxygen atoms in total. The molecule has 10 heavy (non-hydrogen) atoms. The lowest BCUT2D eigenvalue weighted by atomic mass is 10.0. The van der Waals surface area contributed by atoms with E-state index in [9.17, 15) is 0 Å². The van der Waals surface area contributed by atoms with Crippen LogP contribution >= 0.6 is 0 Å². The molecule has 0 unspecified atom stereocenters. The second-order valence-electron chi connectivity index (χ2n) is 3.25. The molecule has 0 radical (unpaired) electrons. The standard InChI is InChI=1S/C10H16/c1-8(2)9(3)10-6-4-5-7-10/h6H,4-5,7H2,1-3H3. The van der Waals surface area contributed by atoms with Crippen molar-refractivity contribution in [2.45, 2.75) is 40.0 Å². The van der Waals surface area contributed by atoms with Crippen molar-refractivity contribution in [3.63, 3.8) is 0 Å². The van der Waals surface area contributed by atoms with Crippen LogP contribution in [0.5, 0.6) is 0 Å². The van der Waals surface area contributed by atoms with Crippen LogP contribution in [0.3, 0.4) is 0 Å². The van der Waals surface area contributed by atoms with Crippen LogP contribution in [0.25, 0.3) is 0 Å². The van der Waals surface area contributed by atoms with Gasteiger partial charge in [0.05, 0.1) is 0 Å². The molecule has 0 atom stereocenters. The number of allylic oxidation sites excluding steroid dienone is 4. The van der Waals surface area contributed by atoms with Crippen molar-refractivity contribution in [3.8, 4) is 0 Å². The smallest absolute Gasteiger partial charge is 0.0276 e. The Kier molecular flexibility index (Phi) is 2.31. The van der Waals surface area contributed by atoms with Gasteiger partial charge in [-0.2, -0.15) is 0 Å². The largest absolute Gasteiger partial charge is 0.0810 e. The zero-order valence-electron chi connectivity index (χ0n) is 7.20. The molecule has 0 amide bonds. The van der Waals surface area contributed by atoms with Crippen LogP contribution in [0.1, 0.15) is 40.0 Å². The lowest BCUT2D eigenvalue weighted by Gasteiger charge is -2.03.